The topological polar surface area (TPSA) is 83.3 Å². The first-order chi connectivity index (χ1) is 14.5. The van der Waals surface area contributed by atoms with Gasteiger partial charge in [0.1, 0.15) is 12.4 Å². The SMILES string of the molecule is Cc1cc2[nH]ccc2c(N2CCc3c(N)nc(OC[C@@H]4CCCN4C)nc3C2)c1C. The fourth-order valence-electron chi connectivity index (χ4n) is 4.88. The number of rotatable bonds is 4. The van der Waals surface area contributed by atoms with Crippen LogP contribution in [0.2, 0.25) is 0 Å². The predicted octanol–water partition coefficient (Wildman–Crippen LogP) is 3.19. The highest BCUT2D eigenvalue weighted by atomic mass is 16.5. The van der Waals surface area contributed by atoms with Crippen LogP contribution in [0.15, 0.2) is 18.3 Å². The predicted molar refractivity (Wildman–Crippen MR) is 120 cm³/mol. The number of hydrogen-bond acceptors (Lipinski definition) is 6. The number of H-pyrrole nitrogens is 1. The van der Waals surface area contributed by atoms with Crippen LogP contribution in [-0.2, 0) is 13.0 Å². The van der Waals surface area contributed by atoms with Crippen molar-refractivity contribution in [2.24, 2.45) is 0 Å². The molecule has 2 aromatic heterocycles. The zero-order valence-corrected chi connectivity index (χ0v) is 18.0. The summed E-state index contributed by atoms with van der Waals surface area (Å²) in [7, 11) is 2.15. The van der Waals surface area contributed by atoms with Gasteiger partial charge >= 0.3 is 6.01 Å². The highest BCUT2D eigenvalue weighted by Crippen LogP contribution is 2.36. The Bertz CT molecular complexity index is 1090. The lowest BCUT2D eigenvalue weighted by Crippen LogP contribution is -2.33. The van der Waals surface area contributed by atoms with Gasteiger partial charge in [-0.05, 0) is 70.0 Å². The van der Waals surface area contributed by atoms with Crippen LogP contribution < -0.4 is 15.4 Å². The van der Waals surface area contributed by atoms with Gasteiger partial charge in [-0.25, -0.2) is 0 Å². The molecule has 2 aliphatic heterocycles. The molecule has 0 unspecified atom stereocenters. The molecule has 1 aromatic carbocycles. The van der Waals surface area contributed by atoms with Crippen molar-refractivity contribution in [3.8, 4) is 6.01 Å². The number of fused-ring (bicyclic) bond motifs is 2. The van der Waals surface area contributed by atoms with E-state index in [2.05, 4.69) is 52.8 Å². The molecular weight excluding hydrogens is 376 g/mol. The van der Waals surface area contributed by atoms with Gasteiger partial charge in [0.05, 0.1) is 12.2 Å². The largest absolute Gasteiger partial charge is 0.462 e. The van der Waals surface area contributed by atoms with Crippen LogP contribution >= 0.6 is 0 Å². The number of nitrogens with two attached hydrogens (primary N) is 1. The molecule has 1 saturated heterocycles. The third-order valence-electron chi connectivity index (χ3n) is 6.81. The molecular formula is C23H30N6O. The Balaban J connectivity index is 1.43. The number of benzene rings is 1. The number of aromatic nitrogens is 3. The molecule has 1 atom stereocenters. The smallest absolute Gasteiger partial charge is 0.318 e. The van der Waals surface area contributed by atoms with Gasteiger partial charge in [-0.1, -0.05) is 0 Å². The zero-order chi connectivity index (χ0) is 20.8. The number of ether oxygens (including phenoxy) is 1. The lowest BCUT2D eigenvalue weighted by Gasteiger charge is -2.32. The summed E-state index contributed by atoms with van der Waals surface area (Å²) in [6, 6.07) is 5.21. The van der Waals surface area contributed by atoms with Gasteiger partial charge in [-0.2, -0.15) is 9.97 Å². The van der Waals surface area contributed by atoms with E-state index in [-0.39, 0.29) is 0 Å². The van der Waals surface area contributed by atoms with Gasteiger partial charge < -0.3 is 25.3 Å². The number of aryl methyl sites for hydroxylation is 1. The van der Waals surface area contributed by atoms with Gasteiger partial charge in [0.15, 0.2) is 0 Å². The average Bonchev–Trinajstić information content (AvgIpc) is 3.35. The second-order valence-electron chi connectivity index (χ2n) is 8.68. The number of nitrogens with zero attached hydrogens (tertiary/aromatic N) is 4. The van der Waals surface area contributed by atoms with E-state index in [4.69, 9.17) is 15.5 Å². The molecule has 0 aliphatic carbocycles. The van der Waals surface area contributed by atoms with Crippen molar-refractivity contribution in [2.45, 2.75) is 45.7 Å². The molecule has 7 nitrogen and oxygen atoms in total. The molecule has 0 amide bonds. The Morgan fingerprint density at radius 1 is 1.27 bits per heavy atom. The summed E-state index contributed by atoms with van der Waals surface area (Å²) in [5.74, 6) is 0.558. The number of nitrogens with one attached hydrogen (secondary N) is 1. The summed E-state index contributed by atoms with van der Waals surface area (Å²) in [6.45, 7) is 7.72. The molecule has 1 fully saturated rings. The first-order valence-corrected chi connectivity index (χ1v) is 10.8. The van der Waals surface area contributed by atoms with Crippen molar-refractivity contribution in [2.75, 3.05) is 37.4 Å². The van der Waals surface area contributed by atoms with Crippen molar-refractivity contribution in [1.82, 2.24) is 19.9 Å². The maximum absolute atomic E-state index is 6.30. The minimum atomic E-state index is 0.404. The fourth-order valence-corrected chi connectivity index (χ4v) is 4.88. The highest BCUT2D eigenvalue weighted by molar-refractivity contribution is 5.95. The fraction of sp³-hybridized carbons (Fsp3) is 0.478. The molecule has 158 valence electrons. The average molecular weight is 407 g/mol. The van der Waals surface area contributed by atoms with Crippen molar-refractivity contribution >= 4 is 22.4 Å². The molecule has 5 rings (SSSR count). The van der Waals surface area contributed by atoms with Gasteiger partial charge in [0.25, 0.3) is 0 Å². The quantitative estimate of drug-likeness (QED) is 0.692. The summed E-state index contributed by atoms with van der Waals surface area (Å²) in [4.78, 5) is 17.3. The van der Waals surface area contributed by atoms with Crippen LogP contribution in [0.4, 0.5) is 11.5 Å². The summed E-state index contributed by atoms with van der Waals surface area (Å²) < 4.78 is 5.98. The Kier molecular flexibility index (Phi) is 4.77. The minimum absolute atomic E-state index is 0.404. The Morgan fingerprint density at radius 3 is 2.93 bits per heavy atom. The van der Waals surface area contributed by atoms with E-state index in [0.29, 0.717) is 31.0 Å². The maximum Gasteiger partial charge on any atom is 0.318 e. The third kappa shape index (κ3) is 3.27. The van der Waals surface area contributed by atoms with Crippen molar-refractivity contribution < 1.29 is 4.74 Å². The van der Waals surface area contributed by atoms with Crippen LogP contribution in [0, 0.1) is 13.8 Å². The van der Waals surface area contributed by atoms with Gasteiger partial charge in [0, 0.05) is 40.9 Å². The van der Waals surface area contributed by atoms with E-state index >= 15 is 0 Å². The van der Waals surface area contributed by atoms with E-state index < -0.39 is 0 Å². The molecule has 0 radical (unpaired) electrons. The Hall–Kier alpha value is -2.80. The van der Waals surface area contributed by atoms with E-state index in [1.807, 2.05) is 6.20 Å². The lowest BCUT2D eigenvalue weighted by molar-refractivity contribution is 0.187. The van der Waals surface area contributed by atoms with Crippen molar-refractivity contribution in [3.05, 3.63) is 40.7 Å². The highest BCUT2D eigenvalue weighted by Gasteiger charge is 2.26. The summed E-state index contributed by atoms with van der Waals surface area (Å²) >= 11 is 0. The number of hydrogen-bond donors (Lipinski definition) is 2. The number of aromatic amines is 1. The monoisotopic (exact) mass is 406 g/mol. The van der Waals surface area contributed by atoms with Crippen molar-refractivity contribution in [3.63, 3.8) is 0 Å². The van der Waals surface area contributed by atoms with Crippen LogP contribution in [0.25, 0.3) is 10.9 Å². The standard InChI is InChI=1S/C23H30N6O/c1-14-11-19-17(6-8-25-19)21(15(14)2)29-10-7-18-20(12-29)26-23(27-22(18)24)30-13-16-5-4-9-28(16)3/h6,8,11,16,25H,4-5,7,9-10,12-13H2,1-3H3,(H2,24,26,27)/t16-/m0/s1. The summed E-state index contributed by atoms with van der Waals surface area (Å²) in [5, 5.41) is 1.25. The zero-order valence-electron chi connectivity index (χ0n) is 18.0. The van der Waals surface area contributed by atoms with Crippen LogP contribution in [0.1, 0.15) is 35.2 Å². The minimum Gasteiger partial charge on any atom is -0.462 e. The van der Waals surface area contributed by atoms with Gasteiger partial charge in [-0.15, -0.1) is 0 Å². The first kappa shape index (κ1) is 19.2. The molecule has 0 saturated carbocycles. The number of anilines is 2. The van der Waals surface area contributed by atoms with Crippen LogP contribution in [0.5, 0.6) is 6.01 Å². The molecule has 0 spiro atoms. The molecule has 3 aromatic rings. The Morgan fingerprint density at radius 2 is 2.13 bits per heavy atom. The molecule has 7 heteroatoms. The number of nitrogen functional groups attached to an aromatic ring is 1. The first-order valence-electron chi connectivity index (χ1n) is 10.8. The second kappa shape index (κ2) is 7.47. The maximum atomic E-state index is 6.30. The molecule has 3 N–H and O–H groups in total. The third-order valence-corrected chi connectivity index (χ3v) is 6.81. The van der Waals surface area contributed by atoms with Crippen molar-refractivity contribution in [1.29, 1.82) is 0 Å². The normalized spacial score (nSPS) is 19.4. The molecule has 30 heavy (non-hydrogen) atoms. The number of likely N-dealkylation sites (tertiary alicyclic amines) is 1. The molecule has 4 heterocycles. The van der Waals surface area contributed by atoms with E-state index in [0.717, 1.165) is 37.2 Å². The van der Waals surface area contributed by atoms with E-state index in [1.165, 1.54) is 34.1 Å². The van der Waals surface area contributed by atoms with Crippen LogP contribution in [0.3, 0.4) is 0 Å². The van der Waals surface area contributed by atoms with Gasteiger partial charge in [-0.3, -0.25) is 0 Å². The summed E-state index contributed by atoms with van der Waals surface area (Å²) in [6.07, 6.45) is 5.23. The lowest BCUT2D eigenvalue weighted by atomic mass is 9.99. The Labute approximate surface area is 177 Å². The summed E-state index contributed by atoms with van der Waals surface area (Å²) in [5.41, 5.74) is 13.4. The number of likely N-dealkylation sites (N-methyl/N-ethyl adjacent to an activating group) is 1. The molecule has 0 bridgehead atoms. The molecule has 2 aliphatic rings. The van der Waals surface area contributed by atoms with E-state index in [9.17, 15) is 0 Å². The second-order valence-corrected chi connectivity index (χ2v) is 8.68. The van der Waals surface area contributed by atoms with Gasteiger partial charge in [0.2, 0.25) is 0 Å². The van der Waals surface area contributed by atoms with E-state index in [1.54, 1.807) is 0 Å². The van der Waals surface area contributed by atoms with Crippen LogP contribution in [-0.4, -0.2) is 52.6 Å².